The number of benzene rings is 1. The first-order valence-corrected chi connectivity index (χ1v) is 7.52. The molecule has 0 radical (unpaired) electrons. The van der Waals surface area contributed by atoms with Crippen molar-refractivity contribution >= 4 is 0 Å². The number of allylic oxidation sites excluding steroid dienone is 1. The number of H-pyrrole nitrogens is 1. The lowest BCUT2D eigenvalue weighted by Gasteiger charge is -2.24. The average molecular weight is 333 g/mol. The highest BCUT2D eigenvalue weighted by Gasteiger charge is 2.37. The van der Waals surface area contributed by atoms with Gasteiger partial charge in [0.05, 0.1) is 22.9 Å². The van der Waals surface area contributed by atoms with Crippen LogP contribution < -0.4 is 10.5 Å². The molecule has 3 aromatic rings. The molecule has 1 aliphatic heterocycles. The molecule has 6 nitrogen and oxygen atoms in total. The zero-order valence-corrected chi connectivity index (χ0v) is 12.9. The number of nitrogens with zero attached hydrogens (tertiary/aromatic N) is 3. The van der Waals surface area contributed by atoms with E-state index in [9.17, 15) is 9.65 Å². The zero-order chi connectivity index (χ0) is 17.4. The van der Waals surface area contributed by atoms with Crippen molar-refractivity contribution in [3.63, 3.8) is 0 Å². The number of nitrogens with two attached hydrogens (primary N) is 1. The van der Waals surface area contributed by atoms with E-state index in [2.05, 4.69) is 15.2 Å². The van der Waals surface area contributed by atoms with Gasteiger partial charge in [-0.3, -0.25) is 10.1 Å². The number of fused-ring (bicyclic) bond motifs is 1. The van der Waals surface area contributed by atoms with E-state index in [4.69, 9.17) is 10.5 Å². The van der Waals surface area contributed by atoms with E-state index >= 15 is 0 Å². The van der Waals surface area contributed by atoms with E-state index in [-0.39, 0.29) is 17.3 Å². The van der Waals surface area contributed by atoms with Crippen LogP contribution in [0.5, 0.6) is 5.88 Å². The lowest BCUT2D eigenvalue weighted by Crippen LogP contribution is -2.21. The van der Waals surface area contributed by atoms with Gasteiger partial charge >= 0.3 is 0 Å². The third kappa shape index (κ3) is 2.32. The number of nitriles is 1. The Labute approximate surface area is 142 Å². The number of hydrogen-bond donors (Lipinski definition) is 2. The second kappa shape index (κ2) is 5.76. The molecular weight excluding hydrogens is 321 g/mol. The number of nitrogens with one attached hydrogen (secondary N) is 1. The van der Waals surface area contributed by atoms with Crippen LogP contribution in [0.2, 0.25) is 0 Å². The predicted molar refractivity (Wildman–Crippen MR) is 87.5 cm³/mol. The van der Waals surface area contributed by atoms with Crippen molar-refractivity contribution in [2.45, 2.75) is 5.92 Å². The average Bonchev–Trinajstić information content (AvgIpc) is 3.05. The molecule has 0 saturated heterocycles. The van der Waals surface area contributed by atoms with Crippen LogP contribution in [0.15, 0.2) is 60.1 Å². The van der Waals surface area contributed by atoms with Crippen LogP contribution in [-0.4, -0.2) is 15.2 Å². The molecule has 3 N–H and O–H groups in total. The monoisotopic (exact) mass is 333 g/mol. The van der Waals surface area contributed by atoms with Gasteiger partial charge in [-0.25, -0.2) is 4.39 Å². The minimum absolute atomic E-state index is 0.0812. The first-order chi connectivity index (χ1) is 12.2. The maximum Gasteiger partial charge on any atom is 0.244 e. The lowest BCUT2D eigenvalue weighted by atomic mass is 9.83. The van der Waals surface area contributed by atoms with Gasteiger partial charge in [-0.15, -0.1) is 5.10 Å². The molecular formula is C18H12FN5O. The summed E-state index contributed by atoms with van der Waals surface area (Å²) in [6.07, 6.45) is 1.64. The molecule has 0 aliphatic carbocycles. The summed E-state index contributed by atoms with van der Waals surface area (Å²) in [5, 5.41) is 16.6. The standard InChI is InChI=1S/C18H12FN5O/c19-12-6-2-1-5-10(12)14-11(9-20)17(21)25-18-15(14)16(23-24-18)13-7-3-4-8-22-13/h1-8,14H,21H2,(H,23,24)/t14-/m1/s1. The largest absolute Gasteiger partial charge is 0.420 e. The van der Waals surface area contributed by atoms with E-state index in [0.717, 1.165) is 0 Å². The van der Waals surface area contributed by atoms with Gasteiger partial charge in [-0.2, -0.15) is 5.26 Å². The molecule has 1 atom stereocenters. The molecule has 1 aromatic carbocycles. The molecule has 2 aromatic heterocycles. The van der Waals surface area contributed by atoms with Crippen molar-refractivity contribution in [2.24, 2.45) is 5.73 Å². The lowest BCUT2D eigenvalue weighted by molar-refractivity contribution is 0.378. The minimum Gasteiger partial charge on any atom is -0.420 e. The Bertz CT molecular complexity index is 1020. The summed E-state index contributed by atoms with van der Waals surface area (Å²) in [6.45, 7) is 0. The van der Waals surface area contributed by atoms with Gasteiger partial charge in [0.2, 0.25) is 11.8 Å². The third-order valence-corrected chi connectivity index (χ3v) is 4.08. The molecule has 0 fully saturated rings. The van der Waals surface area contributed by atoms with E-state index in [1.807, 2.05) is 12.1 Å². The molecule has 0 bridgehead atoms. The van der Waals surface area contributed by atoms with E-state index in [1.54, 1.807) is 36.5 Å². The van der Waals surface area contributed by atoms with Crippen LogP contribution in [0.1, 0.15) is 17.0 Å². The number of aromatic amines is 1. The maximum atomic E-state index is 14.5. The van der Waals surface area contributed by atoms with Crippen molar-refractivity contribution in [2.75, 3.05) is 0 Å². The molecule has 0 unspecified atom stereocenters. The van der Waals surface area contributed by atoms with Crippen molar-refractivity contribution in [1.29, 1.82) is 5.26 Å². The van der Waals surface area contributed by atoms with Gasteiger partial charge in [0.25, 0.3) is 0 Å². The number of aromatic nitrogens is 3. The van der Waals surface area contributed by atoms with Crippen molar-refractivity contribution < 1.29 is 9.13 Å². The highest BCUT2D eigenvalue weighted by atomic mass is 19.1. The number of rotatable bonds is 2. The van der Waals surface area contributed by atoms with Crippen molar-refractivity contribution in [3.8, 4) is 23.3 Å². The summed E-state index contributed by atoms with van der Waals surface area (Å²) in [5.41, 5.74) is 8.04. The third-order valence-electron chi connectivity index (χ3n) is 4.08. The molecule has 0 spiro atoms. The van der Waals surface area contributed by atoms with Gasteiger partial charge in [0.15, 0.2) is 0 Å². The first kappa shape index (κ1) is 14.9. The zero-order valence-electron chi connectivity index (χ0n) is 12.9. The fourth-order valence-corrected chi connectivity index (χ4v) is 2.97. The Morgan fingerprint density at radius 2 is 2.00 bits per heavy atom. The van der Waals surface area contributed by atoms with Crippen LogP contribution in [0.3, 0.4) is 0 Å². The fraction of sp³-hybridized carbons (Fsp3) is 0.0556. The minimum atomic E-state index is -0.731. The fourth-order valence-electron chi connectivity index (χ4n) is 2.97. The normalized spacial score (nSPS) is 16.1. The van der Waals surface area contributed by atoms with Gasteiger partial charge in [0, 0.05) is 11.8 Å². The van der Waals surface area contributed by atoms with Crippen LogP contribution in [0.25, 0.3) is 11.4 Å². The van der Waals surface area contributed by atoms with Crippen LogP contribution >= 0.6 is 0 Å². The Morgan fingerprint density at radius 3 is 2.72 bits per heavy atom. The smallest absolute Gasteiger partial charge is 0.244 e. The first-order valence-electron chi connectivity index (χ1n) is 7.52. The van der Waals surface area contributed by atoms with Crippen molar-refractivity contribution in [3.05, 3.63) is 77.1 Å². The molecule has 0 amide bonds. The Balaban J connectivity index is 1.99. The molecule has 4 rings (SSSR count). The highest BCUT2D eigenvalue weighted by Crippen LogP contribution is 2.45. The Hall–Kier alpha value is -3.66. The van der Waals surface area contributed by atoms with Gasteiger partial charge in [0.1, 0.15) is 17.5 Å². The number of halogens is 1. The van der Waals surface area contributed by atoms with E-state index < -0.39 is 11.7 Å². The highest BCUT2D eigenvalue weighted by molar-refractivity contribution is 5.68. The SMILES string of the molecule is N#CC1=C(N)Oc2n[nH]c(-c3ccccn3)c2[C@@H]1c1ccccc1F. The number of ether oxygens (including phenoxy) is 1. The second-order valence-electron chi connectivity index (χ2n) is 5.48. The molecule has 122 valence electrons. The summed E-state index contributed by atoms with van der Waals surface area (Å²) in [4.78, 5) is 4.30. The molecule has 7 heteroatoms. The number of pyridine rings is 1. The van der Waals surface area contributed by atoms with Gasteiger partial charge in [-0.05, 0) is 18.2 Å². The summed E-state index contributed by atoms with van der Waals surface area (Å²) in [7, 11) is 0. The van der Waals surface area contributed by atoms with Crippen molar-refractivity contribution in [1.82, 2.24) is 15.2 Å². The van der Waals surface area contributed by atoms with Crippen LogP contribution in [0.4, 0.5) is 4.39 Å². The quantitative estimate of drug-likeness (QED) is 0.751. The van der Waals surface area contributed by atoms with Gasteiger partial charge in [-0.1, -0.05) is 24.3 Å². The number of hydrogen-bond acceptors (Lipinski definition) is 5. The molecule has 1 aliphatic rings. The van der Waals surface area contributed by atoms with E-state index in [1.165, 1.54) is 6.07 Å². The summed E-state index contributed by atoms with van der Waals surface area (Å²) >= 11 is 0. The van der Waals surface area contributed by atoms with Crippen LogP contribution in [0, 0.1) is 17.1 Å². The molecule has 3 heterocycles. The van der Waals surface area contributed by atoms with Crippen LogP contribution in [-0.2, 0) is 0 Å². The Morgan fingerprint density at radius 1 is 1.20 bits per heavy atom. The predicted octanol–water partition coefficient (Wildman–Crippen LogP) is 2.83. The summed E-state index contributed by atoms with van der Waals surface area (Å²) in [6, 6.07) is 13.7. The maximum absolute atomic E-state index is 14.5. The topological polar surface area (TPSA) is 101 Å². The molecule has 0 saturated carbocycles. The summed E-state index contributed by atoms with van der Waals surface area (Å²) in [5.74, 6) is -1.03. The second-order valence-corrected chi connectivity index (χ2v) is 5.48. The van der Waals surface area contributed by atoms with Gasteiger partial charge < -0.3 is 10.5 Å². The summed E-state index contributed by atoms with van der Waals surface area (Å²) < 4.78 is 20.0. The molecule has 25 heavy (non-hydrogen) atoms. The Kier molecular flexibility index (Phi) is 3.43. The van der Waals surface area contributed by atoms with E-state index in [0.29, 0.717) is 22.5 Å².